The van der Waals surface area contributed by atoms with Crippen molar-refractivity contribution in [1.82, 2.24) is 9.88 Å². The third-order valence-corrected chi connectivity index (χ3v) is 5.62. The van der Waals surface area contributed by atoms with Gasteiger partial charge in [-0.1, -0.05) is 12.1 Å². The van der Waals surface area contributed by atoms with E-state index in [1.165, 1.54) is 7.11 Å². The first-order valence-corrected chi connectivity index (χ1v) is 11.1. The number of nitrogens with zero attached hydrogens (tertiary/aromatic N) is 1. The maximum atomic E-state index is 12.8. The molecule has 3 aromatic rings. The Morgan fingerprint density at radius 3 is 2.49 bits per heavy atom. The molecule has 0 saturated carbocycles. The number of hydrogen-bond donors (Lipinski definition) is 1. The van der Waals surface area contributed by atoms with Gasteiger partial charge >= 0.3 is 5.97 Å². The number of esters is 1. The lowest BCUT2D eigenvalue weighted by Crippen LogP contribution is -2.31. The number of benzene rings is 2. The first-order valence-electron chi connectivity index (χ1n) is 11.1. The van der Waals surface area contributed by atoms with E-state index in [2.05, 4.69) is 5.32 Å². The van der Waals surface area contributed by atoms with Crippen LogP contribution in [-0.2, 0) is 9.53 Å². The van der Waals surface area contributed by atoms with Gasteiger partial charge in [-0.3, -0.25) is 14.4 Å². The van der Waals surface area contributed by atoms with Crippen molar-refractivity contribution in [2.24, 2.45) is 0 Å². The van der Waals surface area contributed by atoms with Gasteiger partial charge < -0.3 is 28.8 Å². The highest BCUT2D eigenvalue weighted by Gasteiger charge is 2.20. The van der Waals surface area contributed by atoms with Crippen LogP contribution in [0.3, 0.4) is 0 Å². The summed E-state index contributed by atoms with van der Waals surface area (Å²) in [6, 6.07) is 14.0. The molecule has 2 aromatic carbocycles. The summed E-state index contributed by atoms with van der Waals surface area (Å²) < 4.78 is 23.4. The molecule has 0 saturated heterocycles. The second-order valence-electron chi connectivity index (χ2n) is 7.91. The van der Waals surface area contributed by atoms with Gasteiger partial charge in [-0.15, -0.1) is 0 Å². The quantitative estimate of drug-likeness (QED) is 0.392. The van der Waals surface area contributed by atoms with Crippen LogP contribution in [0.4, 0.5) is 0 Å². The monoisotopic (exact) mass is 478 g/mol. The molecule has 35 heavy (non-hydrogen) atoms. The lowest BCUT2D eigenvalue weighted by atomic mass is 10.1. The van der Waals surface area contributed by atoms with Gasteiger partial charge in [-0.05, 0) is 44.2 Å². The highest BCUT2D eigenvalue weighted by Crippen LogP contribution is 2.33. The molecule has 0 bridgehead atoms. The van der Waals surface area contributed by atoms with Crippen LogP contribution in [0.2, 0.25) is 0 Å². The van der Waals surface area contributed by atoms with Crippen molar-refractivity contribution in [3.63, 3.8) is 0 Å². The van der Waals surface area contributed by atoms with Crippen LogP contribution in [0.15, 0.2) is 48.5 Å². The maximum absolute atomic E-state index is 12.8. The smallest absolute Gasteiger partial charge is 0.325 e. The molecule has 1 amide bonds. The van der Waals surface area contributed by atoms with Gasteiger partial charge in [0.1, 0.15) is 25.5 Å². The third kappa shape index (κ3) is 5.13. The zero-order chi connectivity index (χ0) is 24.9. The summed E-state index contributed by atoms with van der Waals surface area (Å²) in [5.41, 5.74) is 3.13. The minimum Gasteiger partial charge on any atom is -0.496 e. The molecule has 0 unspecified atom stereocenters. The number of methoxy groups -OCH3 is 1. The van der Waals surface area contributed by atoms with Crippen molar-refractivity contribution in [1.29, 1.82) is 0 Å². The maximum Gasteiger partial charge on any atom is 0.325 e. The van der Waals surface area contributed by atoms with Crippen molar-refractivity contribution in [2.75, 3.05) is 33.5 Å². The average Bonchev–Trinajstić information content (AvgIpc) is 3.18. The molecule has 182 valence electrons. The number of ketones is 1. The van der Waals surface area contributed by atoms with Crippen molar-refractivity contribution in [3.8, 4) is 22.9 Å². The second kappa shape index (κ2) is 10.3. The van der Waals surface area contributed by atoms with Crippen molar-refractivity contribution >= 4 is 17.7 Å². The average molecular weight is 479 g/mol. The number of carbonyl (C=O) groups excluding carboxylic acids is 3. The molecule has 9 nitrogen and oxygen atoms in total. The van der Waals surface area contributed by atoms with Gasteiger partial charge in [0.05, 0.1) is 12.7 Å². The predicted octanol–water partition coefficient (Wildman–Crippen LogP) is 3.03. The third-order valence-electron chi connectivity index (χ3n) is 5.62. The number of hydrogen-bond acceptors (Lipinski definition) is 7. The number of Topliss-reactive ketones (excluding diaryl/α,β-unsaturated/α-hetero) is 1. The van der Waals surface area contributed by atoms with E-state index in [0.717, 1.165) is 11.4 Å². The largest absolute Gasteiger partial charge is 0.496 e. The standard InChI is InChI=1S/C26H26N2O7/c1-16-12-20(17(2)28(16)18-8-9-23-24(13-18)34-11-10-33-23)21(29)15-35-25(30)14-27-26(31)19-6-4-5-7-22(19)32-3/h4-9,12-13H,10-11,14-15H2,1-3H3,(H,27,31). The Kier molecular flexibility index (Phi) is 7.05. The first-order chi connectivity index (χ1) is 16.9. The van der Waals surface area contributed by atoms with Gasteiger partial charge in [0, 0.05) is 28.7 Å². The van der Waals surface area contributed by atoms with E-state index in [-0.39, 0.29) is 12.3 Å². The van der Waals surface area contributed by atoms with Gasteiger partial charge in [-0.2, -0.15) is 0 Å². The van der Waals surface area contributed by atoms with Crippen LogP contribution >= 0.6 is 0 Å². The fraction of sp³-hybridized carbons (Fsp3) is 0.269. The molecule has 0 atom stereocenters. The fourth-order valence-corrected chi connectivity index (χ4v) is 3.97. The Morgan fingerprint density at radius 2 is 1.71 bits per heavy atom. The molecule has 1 aliphatic heterocycles. The summed E-state index contributed by atoms with van der Waals surface area (Å²) in [5.74, 6) is 0.186. The summed E-state index contributed by atoms with van der Waals surface area (Å²) in [4.78, 5) is 37.2. The number of fused-ring (bicyclic) bond motifs is 1. The Labute approximate surface area is 202 Å². The molecule has 2 heterocycles. The minimum absolute atomic E-state index is 0.297. The normalized spacial score (nSPS) is 12.1. The molecule has 1 N–H and O–H groups in total. The SMILES string of the molecule is COc1ccccc1C(=O)NCC(=O)OCC(=O)c1cc(C)n(-c2ccc3c(c2)OCCO3)c1C. The van der Waals surface area contributed by atoms with E-state index in [1.54, 1.807) is 30.3 Å². The Morgan fingerprint density at radius 1 is 0.971 bits per heavy atom. The number of para-hydroxylation sites is 1. The van der Waals surface area contributed by atoms with Crippen LogP contribution in [-0.4, -0.2) is 55.7 Å². The van der Waals surface area contributed by atoms with Crippen LogP contribution in [0.5, 0.6) is 17.2 Å². The molecular formula is C26H26N2O7. The first kappa shape index (κ1) is 23.9. The minimum atomic E-state index is -0.720. The number of nitrogens with one attached hydrogen (secondary N) is 1. The Hall–Kier alpha value is -4.27. The van der Waals surface area contributed by atoms with Gasteiger partial charge in [0.15, 0.2) is 18.1 Å². The van der Waals surface area contributed by atoms with Crippen LogP contribution in [0.25, 0.3) is 5.69 Å². The number of ether oxygens (including phenoxy) is 4. The van der Waals surface area contributed by atoms with E-state index in [1.807, 2.05) is 36.6 Å². The van der Waals surface area contributed by atoms with Gasteiger partial charge in [0.2, 0.25) is 5.78 Å². The fourth-order valence-electron chi connectivity index (χ4n) is 3.97. The molecule has 1 aliphatic rings. The summed E-state index contributed by atoms with van der Waals surface area (Å²) in [5, 5.41) is 2.48. The zero-order valence-electron chi connectivity index (χ0n) is 19.8. The van der Waals surface area contributed by atoms with Crippen molar-refractivity contribution in [3.05, 3.63) is 71.0 Å². The molecule has 0 aliphatic carbocycles. The molecular weight excluding hydrogens is 452 g/mol. The van der Waals surface area contributed by atoms with E-state index in [0.29, 0.717) is 47.3 Å². The number of aromatic nitrogens is 1. The van der Waals surface area contributed by atoms with E-state index >= 15 is 0 Å². The number of carbonyl (C=O) groups is 3. The summed E-state index contributed by atoms with van der Waals surface area (Å²) >= 11 is 0. The molecule has 1 aromatic heterocycles. The van der Waals surface area contributed by atoms with E-state index in [9.17, 15) is 14.4 Å². The lowest BCUT2D eigenvalue weighted by Gasteiger charge is -2.20. The predicted molar refractivity (Wildman–Crippen MR) is 127 cm³/mol. The number of rotatable bonds is 8. The lowest BCUT2D eigenvalue weighted by molar-refractivity contribution is -0.141. The summed E-state index contributed by atoms with van der Waals surface area (Å²) in [7, 11) is 1.46. The number of aryl methyl sites for hydroxylation is 1. The Bertz CT molecular complexity index is 1280. The second-order valence-corrected chi connectivity index (χ2v) is 7.91. The summed E-state index contributed by atoms with van der Waals surface area (Å²) in [6.07, 6.45) is 0. The van der Waals surface area contributed by atoms with Crippen molar-refractivity contribution in [2.45, 2.75) is 13.8 Å². The number of amides is 1. The molecule has 0 fully saturated rings. The Balaban J connectivity index is 1.37. The van der Waals surface area contributed by atoms with Crippen molar-refractivity contribution < 1.29 is 33.3 Å². The molecule has 4 rings (SSSR count). The van der Waals surface area contributed by atoms with Gasteiger partial charge in [-0.25, -0.2) is 0 Å². The molecule has 9 heteroatoms. The van der Waals surface area contributed by atoms with Crippen LogP contribution in [0.1, 0.15) is 32.1 Å². The van der Waals surface area contributed by atoms with Gasteiger partial charge in [0.25, 0.3) is 5.91 Å². The topological polar surface area (TPSA) is 105 Å². The highest BCUT2D eigenvalue weighted by molar-refractivity contribution is 6.00. The molecule has 0 spiro atoms. The summed E-state index contributed by atoms with van der Waals surface area (Å²) in [6.45, 7) is 3.89. The van der Waals surface area contributed by atoms with Crippen LogP contribution < -0.4 is 19.5 Å². The zero-order valence-corrected chi connectivity index (χ0v) is 19.8. The molecule has 0 radical (unpaired) electrons. The highest BCUT2D eigenvalue weighted by atomic mass is 16.6. The van der Waals surface area contributed by atoms with E-state index < -0.39 is 18.5 Å². The van der Waals surface area contributed by atoms with Crippen LogP contribution in [0, 0.1) is 13.8 Å². The van der Waals surface area contributed by atoms with E-state index in [4.69, 9.17) is 18.9 Å².